The lowest BCUT2D eigenvalue weighted by atomic mass is 9.96. The highest BCUT2D eigenvalue weighted by atomic mass is 16.5. The summed E-state index contributed by atoms with van der Waals surface area (Å²) >= 11 is 0. The van der Waals surface area contributed by atoms with Crippen LogP contribution in [0.1, 0.15) is 24.8 Å². The molecule has 5 heteroatoms. The first-order valence-corrected chi connectivity index (χ1v) is 8.91. The van der Waals surface area contributed by atoms with Crippen LogP contribution >= 0.6 is 0 Å². The summed E-state index contributed by atoms with van der Waals surface area (Å²) in [6, 6.07) is 10.2. The van der Waals surface area contributed by atoms with E-state index in [9.17, 15) is 0 Å². The lowest BCUT2D eigenvalue weighted by molar-refractivity contribution is 0.0625. The number of hydrogen-bond donors (Lipinski definition) is 1. The summed E-state index contributed by atoms with van der Waals surface area (Å²) in [6.45, 7) is 4.94. The lowest BCUT2D eigenvalue weighted by Gasteiger charge is -2.26. The molecule has 1 saturated heterocycles. The molecule has 0 aliphatic carbocycles. The number of guanidine groups is 1. The Hall–Kier alpha value is -1.59. The van der Waals surface area contributed by atoms with Crippen molar-refractivity contribution in [3.63, 3.8) is 0 Å². The van der Waals surface area contributed by atoms with E-state index >= 15 is 0 Å². The molecular formula is C19H31N3O2. The monoisotopic (exact) mass is 333 g/mol. The van der Waals surface area contributed by atoms with Crippen LogP contribution in [-0.2, 0) is 16.1 Å². The molecule has 0 radical (unpaired) electrons. The Bertz CT molecular complexity index is 473. The first kappa shape index (κ1) is 18.7. The fourth-order valence-electron chi connectivity index (χ4n) is 2.90. The van der Waals surface area contributed by atoms with Gasteiger partial charge in [-0.1, -0.05) is 30.3 Å². The number of rotatable bonds is 8. The van der Waals surface area contributed by atoms with E-state index in [1.807, 2.05) is 25.2 Å². The molecule has 1 N–H and O–H groups in total. The molecule has 0 atom stereocenters. The fourth-order valence-corrected chi connectivity index (χ4v) is 2.90. The molecule has 134 valence electrons. The Kier molecular flexibility index (Phi) is 8.63. The van der Waals surface area contributed by atoms with Gasteiger partial charge in [0.05, 0.1) is 13.2 Å². The van der Waals surface area contributed by atoms with Crippen LogP contribution in [0.3, 0.4) is 0 Å². The average Bonchev–Trinajstić information content (AvgIpc) is 2.64. The number of aliphatic imine (C=N–C) groups is 1. The van der Waals surface area contributed by atoms with Crippen molar-refractivity contribution in [1.29, 1.82) is 0 Å². The van der Waals surface area contributed by atoms with Crippen molar-refractivity contribution in [3.05, 3.63) is 35.9 Å². The second kappa shape index (κ2) is 11.0. The molecule has 0 spiro atoms. The fraction of sp³-hybridized carbons (Fsp3) is 0.632. The third-order valence-electron chi connectivity index (χ3n) is 4.43. The second-order valence-corrected chi connectivity index (χ2v) is 6.28. The third-order valence-corrected chi connectivity index (χ3v) is 4.43. The zero-order valence-corrected chi connectivity index (χ0v) is 15.0. The molecule has 24 heavy (non-hydrogen) atoms. The number of nitrogens with zero attached hydrogens (tertiary/aromatic N) is 2. The van der Waals surface area contributed by atoms with Crippen LogP contribution in [0.15, 0.2) is 35.3 Å². The van der Waals surface area contributed by atoms with Gasteiger partial charge in [-0.15, -0.1) is 0 Å². The van der Waals surface area contributed by atoms with E-state index < -0.39 is 0 Å². The summed E-state index contributed by atoms with van der Waals surface area (Å²) in [4.78, 5) is 6.56. The van der Waals surface area contributed by atoms with E-state index in [0.29, 0.717) is 13.2 Å². The smallest absolute Gasteiger partial charge is 0.193 e. The van der Waals surface area contributed by atoms with Gasteiger partial charge in [0.15, 0.2) is 5.96 Å². The van der Waals surface area contributed by atoms with Gasteiger partial charge in [-0.25, -0.2) is 0 Å². The van der Waals surface area contributed by atoms with Crippen molar-refractivity contribution < 1.29 is 9.47 Å². The van der Waals surface area contributed by atoms with Crippen LogP contribution in [0.2, 0.25) is 0 Å². The molecule has 1 fully saturated rings. The van der Waals surface area contributed by atoms with Crippen molar-refractivity contribution in [1.82, 2.24) is 10.2 Å². The summed E-state index contributed by atoms with van der Waals surface area (Å²) in [6.07, 6.45) is 3.57. The molecule has 0 unspecified atom stereocenters. The van der Waals surface area contributed by atoms with E-state index in [1.54, 1.807) is 0 Å². The molecule has 1 aliphatic rings. The summed E-state index contributed by atoms with van der Waals surface area (Å²) in [5.41, 5.74) is 1.20. The van der Waals surface area contributed by atoms with Crippen LogP contribution in [0.5, 0.6) is 0 Å². The average molecular weight is 333 g/mol. The highest BCUT2D eigenvalue weighted by molar-refractivity contribution is 5.79. The minimum Gasteiger partial charge on any atom is -0.381 e. The van der Waals surface area contributed by atoms with E-state index in [0.717, 1.165) is 38.2 Å². The van der Waals surface area contributed by atoms with Gasteiger partial charge in [0.2, 0.25) is 0 Å². The zero-order chi connectivity index (χ0) is 17.0. The van der Waals surface area contributed by atoms with Crippen LogP contribution in [0.4, 0.5) is 0 Å². The van der Waals surface area contributed by atoms with E-state index in [2.05, 4.69) is 34.4 Å². The molecule has 0 aromatic heterocycles. The third kappa shape index (κ3) is 6.89. The van der Waals surface area contributed by atoms with Crippen molar-refractivity contribution >= 4 is 5.96 Å². The predicted molar refractivity (Wildman–Crippen MR) is 98.2 cm³/mol. The first-order valence-electron chi connectivity index (χ1n) is 8.91. The van der Waals surface area contributed by atoms with Crippen molar-refractivity contribution in [2.45, 2.75) is 25.9 Å². The highest BCUT2D eigenvalue weighted by Crippen LogP contribution is 2.18. The maximum Gasteiger partial charge on any atom is 0.193 e. The van der Waals surface area contributed by atoms with Gasteiger partial charge in [-0.05, 0) is 30.7 Å². The molecular weight excluding hydrogens is 302 g/mol. The van der Waals surface area contributed by atoms with Gasteiger partial charge >= 0.3 is 0 Å². The number of ether oxygens (including phenoxy) is 2. The molecule has 1 aliphatic heterocycles. The van der Waals surface area contributed by atoms with Crippen LogP contribution in [0, 0.1) is 5.92 Å². The molecule has 5 nitrogen and oxygen atoms in total. The normalized spacial score (nSPS) is 16.2. The molecule has 1 heterocycles. The summed E-state index contributed by atoms with van der Waals surface area (Å²) < 4.78 is 11.1. The van der Waals surface area contributed by atoms with Crippen LogP contribution < -0.4 is 5.32 Å². The minimum atomic E-state index is 0.653. The molecule has 0 bridgehead atoms. The van der Waals surface area contributed by atoms with Gasteiger partial charge in [-0.3, -0.25) is 4.99 Å². The summed E-state index contributed by atoms with van der Waals surface area (Å²) in [5, 5.41) is 3.37. The molecule has 0 amide bonds. The maximum atomic E-state index is 5.70. The first-order chi connectivity index (χ1) is 11.8. The number of nitrogens with one attached hydrogen (secondary N) is 1. The van der Waals surface area contributed by atoms with E-state index in [-0.39, 0.29) is 0 Å². The second-order valence-electron chi connectivity index (χ2n) is 6.28. The highest BCUT2D eigenvalue weighted by Gasteiger charge is 2.15. The van der Waals surface area contributed by atoms with Crippen LogP contribution in [-0.4, -0.2) is 57.9 Å². The number of benzene rings is 1. The van der Waals surface area contributed by atoms with Gasteiger partial charge in [0, 0.05) is 40.4 Å². The summed E-state index contributed by atoms with van der Waals surface area (Å²) in [5.74, 6) is 1.72. The zero-order valence-electron chi connectivity index (χ0n) is 15.0. The SMILES string of the molecule is CN=C(NCCOCc1ccccc1)N(C)CCC1CCOCC1. The van der Waals surface area contributed by atoms with Gasteiger partial charge < -0.3 is 19.7 Å². The van der Waals surface area contributed by atoms with Gasteiger partial charge in [-0.2, -0.15) is 0 Å². The standard InChI is InChI=1S/C19H31N3O2/c1-20-19(22(2)12-8-17-9-13-23-14-10-17)21-11-15-24-16-18-6-4-3-5-7-18/h3-7,17H,8-16H2,1-2H3,(H,20,21). The largest absolute Gasteiger partial charge is 0.381 e. The van der Waals surface area contributed by atoms with E-state index in [1.165, 1.54) is 24.8 Å². The van der Waals surface area contributed by atoms with Gasteiger partial charge in [0.25, 0.3) is 0 Å². The molecule has 1 aromatic rings. The Morgan fingerprint density at radius 1 is 1.29 bits per heavy atom. The van der Waals surface area contributed by atoms with Crippen molar-refractivity contribution in [2.24, 2.45) is 10.9 Å². The quantitative estimate of drug-likeness (QED) is 0.451. The predicted octanol–water partition coefficient (Wildman–Crippen LogP) is 2.53. The lowest BCUT2D eigenvalue weighted by Crippen LogP contribution is -2.41. The van der Waals surface area contributed by atoms with Crippen molar-refractivity contribution in [3.8, 4) is 0 Å². The van der Waals surface area contributed by atoms with Gasteiger partial charge in [0.1, 0.15) is 0 Å². The Balaban J connectivity index is 1.58. The minimum absolute atomic E-state index is 0.653. The summed E-state index contributed by atoms with van der Waals surface area (Å²) in [7, 11) is 3.93. The van der Waals surface area contributed by atoms with Crippen molar-refractivity contribution in [2.75, 3.05) is 47.0 Å². The molecule has 0 saturated carbocycles. The molecule has 2 rings (SSSR count). The molecule has 1 aromatic carbocycles. The number of hydrogen-bond acceptors (Lipinski definition) is 3. The van der Waals surface area contributed by atoms with Crippen LogP contribution in [0.25, 0.3) is 0 Å². The Morgan fingerprint density at radius 2 is 2.04 bits per heavy atom. The Morgan fingerprint density at radius 3 is 2.75 bits per heavy atom. The van der Waals surface area contributed by atoms with E-state index in [4.69, 9.17) is 9.47 Å². The maximum absolute atomic E-state index is 5.70. The topological polar surface area (TPSA) is 46.1 Å². The Labute approximate surface area is 146 Å².